The van der Waals surface area contributed by atoms with E-state index in [0.29, 0.717) is 0 Å². The van der Waals surface area contributed by atoms with Gasteiger partial charge < -0.3 is 5.11 Å². The van der Waals surface area contributed by atoms with Crippen LogP contribution >= 0.6 is 0 Å². The van der Waals surface area contributed by atoms with E-state index in [1.54, 1.807) is 6.07 Å². The summed E-state index contributed by atoms with van der Waals surface area (Å²) in [6, 6.07) is 39.1. The summed E-state index contributed by atoms with van der Waals surface area (Å²) >= 11 is 0. The molecule has 0 saturated carbocycles. The van der Waals surface area contributed by atoms with Gasteiger partial charge in [0.05, 0.1) is 22.4 Å². The zero-order chi connectivity index (χ0) is 25.9. The van der Waals surface area contributed by atoms with Gasteiger partial charge in [0.15, 0.2) is 0 Å². The number of hydrogen-bond donors (Lipinski definition) is 1. The van der Waals surface area contributed by atoms with Gasteiger partial charge in [0.25, 0.3) is 0 Å². The predicted octanol–water partition coefficient (Wildman–Crippen LogP) is 8.18. The molecule has 3 aromatic heterocycles. The van der Waals surface area contributed by atoms with E-state index >= 15 is 0 Å². The Kier molecular flexibility index (Phi) is 4.70. The van der Waals surface area contributed by atoms with Crippen LogP contribution in [0.2, 0.25) is 0 Å². The van der Waals surface area contributed by atoms with Gasteiger partial charge >= 0.3 is 0 Å². The summed E-state index contributed by atoms with van der Waals surface area (Å²) < 4.78 is 2.10. The number of para-hydroxylation sites is 1. The first-order valence-electron chi connectivity index (χ1n) is 13.1. The molecule has 1 aliphatic carbocycles. The minimum atomic E-state index is 0.244. The normalized spacial score (nSPS) is 12.1. The Morgan fingerprint density at radius 3 is 2.36 bits per heavy atom. The number of pyridine rings is 2. The second-order valence-electron chi connectivity index (χ2n) is 10.0. The molecule has 0 unspecified atom stereocenters. The smallest absolute Gasteiger partial charge is 0.140 e. The molecular formula is C35H23N3O. The molecule has 0 saturated heterocycles. The van der Waals surface area contributed by atoms with Crippen molar-refractivity contribution in [2.24, 2.45) is 0 Å². The third kappa shape index (κ3) is 3.32. The van der Waals surface area contributed by atoms with E-state index in [9.17, 15) is 5.11 Å². The Balaban J connectivity index is 1.37. The maximum Gasteiger partial charge on any atom is 0.140 e. The number of phenols is 1. The van der Waals surface area contributed by atoms with Gasteiger partial charge in [-0.25, -0.2) is 4.98 Å². The first-order chi connectivity index (χ1) is 19.3. The molecule has 4 nitrogen and oxygen atoms in total. The SMILES string of the molecule is Oc1cccc2c3c4c(ccc3n(-c3cccc(-c5cccc(-c6ccccn6)c5)n3)c12)Cc1ccccc1-4. The number of benzene rings is 4. The summed E-state index contributed by atoms with van der Waals surface area (Å²) in [6.07, 6.45) is 2.73. The van der Waals surface area contributed by atoms with Crippen LogP contribution in [0.4, 0.5) is 0 Å². The fourth-order valence-electron chi connectivity index (χ4n) is 6.08. The van der Waals surface area contributed by atoms with E-state index in [2.05, 4.69) is 70.2 Å². The van der Waals surface area contributed by atoms with Crippen LogP contribution in [0.25, 0.3) is 61.3 Å². The minimum Gasteiger partial charge on any atom is -0.506 e. The van der Waals surface area contributed by atoms with Crippen molar-refractivity contribution in [3.8, 4) is 45.2 Å². The number of nitrogens with zero attached hydrogens (tertiary/aromatic N) is 3. The Morgan fingerprint density at radius 2 is 1.46 bits per heavy atom. The van der Waals surface area contributed by atoms with Crippen molar-refractivity contribution < 1.29 is 5.11 Å². The van der Waals surface area contributed by atoms with Gasteiger partial charge in [0, 0.05) is 28.1 Å². The van der Waals surface area contributed by atoms with Gasteiger partial charge in [0.2, 0.25) is 0 Å². The van der Waals surface area contributed by atoms with Crippen molar-refractivity contribution in [3.63, 3.8) is 0 Å². The van der Waals surface area contributed by atoms with Crippen molar-refractivity contribution in [2.45, 2.75) is 6.42 Å². The van der Waals surface area contributed by atoms with Crippen LogP contribution in [-0.4, -0.2) is 19.6 Å². The molecule has 8 rings (SSSR count). The van der Waals surface area contributed by atoms with Crippen LogP contribution in [0.15, 0.2) is 121 Å². The fourth-order valence-corrected chi connectivity index (χ4v) is 6.08. The lowest BCUT2D eigenvalue weighted by atomic mass is 9.99. The molecular weight excluding hydrogens is 478 g/mol. The predicted molar refractivity (Wildman–Crippen MR) is 157 cm³/mol. The van der Waals surface area contributed by atoms with E-state index in [-0.39, 0.29) is 5.75 Å². The van der Waals surface area contributed by atoms with Crippen LogP contribution in [0, 0.1) is 0 Å². The quantitative estimate of drug-likeness (QED) is 0.266. The number of phenolic OH excluding ortho intramolecular Hbond substituents is 1. The van der Waals surface area contributed by atoms with Crippen LogP contribution in [0.3, 0.4) is 0 Å². The number of rotatable bonds is 3. The Bertz CT molecular complexity index is 2060. The maximum absolute atomic E-state index is 11.2. The molecule has 4 aromatic carbocycles. The van der Waals surface area contributed by atoms with E-state index in [1.165, 1.54) is 22.3 Å². The Hall–Kier alpha value is -5.22. The molecule has 0 atom stereocenters. The van der Waals surface area contributed by atoms with Gasteiger partial charge in [-0.1, -0.05) is 72.8 Å². The second-order valence-corrected chi connectivity index (χ2v) is 10.0. The molecule has 184 valence electrons. The lowest BCUT2D eigenvalue weighted by Crippen LogP contribution is -1.99. The van der Waals surface area contributed by atoms with Crippen molar-refractivity contribution in [1.82, 2.24) is 14.5 Å². The summed E-state index contributed by atoms with van der Waals surface area (Å²) in [5.41, 5.74) is 10.9. The monoisotopic (exact) mass is 501 g/mol. The third-order valence-corrected chi connectivity index (χ3v) is 7.77. The molecule has 0 radical (unpaired) electrons. The molecule has 4 heteroatoms. The summed E-state index contributed by atoms with van der Waals surface area (Å²) in [7, 11) is 0. The van der Waals surface area contributed by atoms with Crippen molar-refractivity contribution in [2.75, 3.05) is 0 Å². The van der Waals surface area contributed by atoms with Crippen LogP contribution in [0.1, 0.15) is 11.1 Å². The molecule has 1 aliphatic rings. The number of fused-ring (bicyclic) bond motifs is 7. The van der Waals surface area contributed by atoms with E-state index < -0.39 is 0 Å². The zero-order valence-corrected chi connectivity index (χ0v) is 21.0. The van der Waals surface area contributed by atoms with Crippen molar-refractivity contribution >= 4 is 21.8 Å². The summed E-state index contributed by atoms with van der Waals surface area (Å²) in [6.45, 7) is 0. The topological polar surface area (TPSA) is 50.9 Å². The van der Waals surface area contributed by atoms with Crippen molar-refractivity contribution in [1.29, 1.82) is 0 Å². The molecule has 7 aromatic rings. The largest absolute Gasteiger partial charge is 0.506 e. The van der Waals surface area contributed by atoms with Gasteiger partial charge in [-0.05, 0) is 71.1 Å². The minimum absolute atomic E-state index is 0.244. The molecule has 0 spiro atoms. The fraction of sp³-hybridized carbons (Fsp3) is 0.0286. The van der Waals surface area contributed by atoms with Gasteiger partial charge in [-0.15, -0.1) is 0 Å². The first-order valence-corrected chi connectivity index (χ1v) is 13.1. The highest BCUT2D eigenvalue weighted by molar-refractivity contribution is 6.18. The van der Waals surface area contributed by atoms with Crippen molar-refractivity contribution in [3.05, 3.63) is 133 Å². The average Bonchev–Trinajstić information content (AvgIpc) is 3.54. The second kappa shape index (κ2) is 8.40. The summed E-state index contributed by atoms with van der Waals surface area (Å²) in [5, 5.41) is 13.3. The molecule has 0 fully saturated rings. The number of aromatic nitrogens is 3. The highest BCUT2D eigenvalue weighted by Crippen LogP contribution is 2.47. The zero-order valence-electron chi connectivity index (χ0n) is 21.0. The van der Waals surface area contributed by atoms with Crippen LogP contribution < -0.4 is 0 Å². The maximum atomic E-state index is 11.2. The molecule has 0 amide bonds. The Labute approximate surface area is 225 Å². The average molecular weight is 502 g/mol. The van der Waals surface area contributed by atoms with Gasteiger partial charge in [-0.3, -0.25) is 9.55 Å². The van der Waals surface area contributed by atoms with E-state index in [1.807, 2.05) is 54.7 Å². The van der Waals surface area contributed by atoms with Crippen LogP contribution in [-0.2, 0) is 6.42 Å². The van der Waals surface area contributed by atoms with E-state index in [0.717, 1.165) is 56.6 Å². The van der Waals surface area contributed by atoms with Gasteiger partial charge in [0.1, 0.15) is 11.6 Å². The Morgan fingerprint density at radius 1 is 0.667 bits per heavy atom. The number of hydrogen-bond acceptors (Lipinski definition) is 3. The molecule has 0 aliphatic heterocycles. The lowest BCUT2D eigenvalue weighted by molar-refractivity contribution is 0.479. The first kappa shape index (κ1) is 21.8. The van der Waals surface area contributed by atoms with Gasteiger partial charge in [-0.2, -0.15) is 0 Å². The third-order valence-electron chi connectivity index (χ3n) is 7.77. The molecule has 3 heterocycles. The lowest BCUT2D eigenvalue weighted by Gasteiger charge is -2.11. The highest BCUT2D eigenvalue weighted by Gasteiger charge is 2.25. The standard InChI is InChI=1S/C35H23N3O/c39-31-15-6-12-27-34-30(18-17-25-20-22-8-1-2-11-26(22)33(25)34)38(35(27)31)32-16-7-14-29(37-32)24-10-5-9-23(21-24)28-13-3-4-19-36-28/h1-19,21,39H,20H2. The molecule has 0 bridgehead atoms. The number of aromatic hydroxyl groups is 1. The summed E-state index contributed by atoms with van der Waals surface area (Å²) in [5.74, 6) is 1.01. The molecule has 1 N–H and O–H groups in total. The van der Waals surface area contributed by atoms with E-state index in [4.69, 9.17) is 4.98 Å². The summed E-state index contributed by atoms with van der Waals surface area (Å²) in [4.78, 5) is 9.64. The molecule has 39 heavy (non-hydrogen) atoms. The van der Waals surface area contributed by atoms with Crippen LogP contribution in [0.5, 0.6) is 5.75 Å². The highest BCUT2D eigenvalue weighted by atomic mass is 16.3.